The van der Waals surface area contributed by atoms with Crippen LogP contribution < -0.4 is 5.32 Å². The Morgan fingerprint density at radius 2 is 1.92 bits per heavy atom. The number of nitrogens with one attached hydrogen (secondary N) is 1. The molecule has 1 saturated carbocycles. The molecule has 24 heavy (non-hydrogen) atoms. The van der Waals surface area contributed by atoms with Crippen molar-refractivity contribution in [3.05, 3.63) is 42.3 Å². The molecule has 1 aromatic carbocycles. The first-order valence-corrected chi connectivity index (χ1v) is 8.83. The Bertz CT molecular complexity index is 686. The molecule has 0 bridgehead atoms. The normalized spacial score (nSPS) is 18.8. The highest BCUT2D eigenvalue weighted by molar-refractivity contribution is 5.92. The van der Waals surface area contributed by atoms with Crippen molar-refractivity contribution in [2.45, 2.75) is 31.7 Å². The number of aromatic nitrogens is 1. The minimum absolute atomic E-state index is 0.0263. The lowest BCUT2D eigenvalue weighted by molar-refractivity contribution is 0.0699. The highest BCUT2D eigenvalue weighted by Crippen LogP contribution is 2.28. The first kappa shape index (κ1) is 15.4. The molecule has 1 N–H and O–H groups in total. The van der Waals surface area contributed by atoms with Crippen molar-refractivity contribution in [1.29, 1.82) is 0 Å². The van der Waals surface area contributed by atoms with Crippen LogP contribution in [0, 0.1) is 5.92 Å². The Balaban J connectivity index is 1.34. The number of benzene rings is 1. The fourth-order valence-corrected chi connectivity index (χ4v) is 3.19. The summed E-state index contributed by atoms with van der Waals surface area (Å²) in [6.45, 7) is 2.71. The Kier molecular flexibility index (Phi) is 4.34. The molecule has 2 aromatic rings. The molecular formula is C19H23N3O2. The molecule has 0 spiro atoms. The van der Waals surface area contributed by atoms with Gasteiger partial charge < -0.3 is 14.6 Å². The fourth-order valence-electron chi connectivity index (χ4n) is 3.19. The van der Waals surface area contributed by atoms with Gasteiger partial charge in [0.05, 0.1) is 0 Å². The van der Waals surface area contributed by atoms with E-state index in [0.29, 0.717) is 17.6 Å². The number of oxazole rings is 1. The van der Waals surface area contributed by atoms with Gasteiger partial charge in [0.2, 0.25) is 5.89 Å². The van der Waals surface area contributed by atoms with E-state index in [-0.39, 0.29) is 5.91 Å². The first-order valence-electron chi connectivity index (χ1n) is 8.83. The molecule has 4 rings (SSSR count). The summed E-state index contributed by atoms with van der Waals surface area (Å²) in [5.41, 5.74) is 1.29. The second-order valence-electron chi connectivity index (χ2n) is 6.82. The smallest absolute Gasteiger partial charge is 0.275 e. The van der Waals surface area contributed by atoms with Gasteiger partial charge in [-0.3, -0.25) is 4.79 Å². The summed E-state index contributed by atoms with van der Waals surface area (Å²) < 4.78 is 5.48. The van der Waals surface area contributed by atoms with Gasteiger partial charge in [0.25, 0.3) is 5.91 Å². The molecule has 0 atom stereocenters. The van der Waals surface area contributed by atoms with Gasteiger partial charge in [-0.15, -0.1) is 0 Å². The van der Waals surface area contributed by atoms with Crippen LogP contribution in [0.3, 0.4) is 0 Å². The summed E-state index contributed by atoms with van der Waals surface area (Å²) in [4.78, 5) is 18.9. The predicted molar refractivity (Wildman–Crippen MR) is 91.6 cm³/mol. The molecule has 1 aliphatic carbocycles. The lowest BCUT2D eigenvalue weighted by Crippen LogP contribution is -2.45. The van der Waals surface area contributed by atoms with Crippen LogP contribution in [-0.4, -0.2) is 41.5 Å². The fraction of sp³-hybridized carbons (Fsp3) is 0.474. The molecule has 2 aliphatic rings. The van der Waals surface area contributed by atoms with E-state index in [0.717, 1.165) is 44.0 Å². The zero-order chi connectivity index (χ0) is 16.4. The average molecular weight is 325 g/mol. The van der Waals surface area contributed by atoms with E-state index in [1.165, 1.54) is 19.1 Å². The number of likely N-dealkylation sites (tertiary alicyclic amines) is 1. The van der Waals surface area contributed by atoms with E-state index in [1.807, 2.05) is 35.2 Å². The first-order chi connectivity index (χ1) is 11.8. The molecule has 1 amide bonds. The number of nitrogens with zero attached hydrogens (tertiary/aromatic N) is 2. The molecule has 0 radical (unpaired) electrons. The average Bonchev–Trinajstić information content (AvgIpc) is 3.34. The summed E-state index contributed by atoms with van der Waals surface area (Å²) in [7, 11) is 0. The summed E-state index contributed by atoms with van der Waals surface area (Å²) in [5.74, 6) is 1.37. The van der Waals surface area contributed by atoms with E-state index in [1.54, 1.807) is 0 Å². The predicted octanol–water partition coefficient (Wildman–Crippen LogP) is 2.95. The van der Waals surface area contributed by atoms with Crippen LogP contribution in [0.2, 0.25) is 0 Å². The van der Waals surface area contributed by atoms with Gasteiger partial charge in [0, 0.05) is 24.7 Å². The number of hydrogen-bond donors (Lipinski definition) is 1. The third-order valence-electron chi connectivity index (χ3n) is 4.92. The molecule has 2 heterocycles. The third kappa shape index (κ3) is 3.51. The third-order valence-corrected chi connectivity index (χ3v) is 4.92. The Morgan fingerprint density at radius 3 is 2.62 bits per heavy atom. The van der Waals surface area contributed by atoms with Crippen LogP contribution in [0.1, 0.15) is 36.2 Å². The lowest BCUT2D eigenvalue weighted by atomic mass is 10.0. The van der Waals surface area contributed by atoms with Gasteiger partial charge in [0.1, 0.15) is 6.26 Å². The summed E-state index contributed by atoms with van der Waals surface area (Å²) in [5, 5.41) is 3.64. The standard InChI is InChI=1S/C19H23N3O2/c23-19(17-13-24-18(21-17)15-4-2-1-3-5-15)22-10-8-16(9-11-22)20-12-14-6-7-14/h1-5,13-14,16,20H,6-12H2. The van der Waals surface area contributed by atoms with Gasteiger partial charge >= 0.3 is 0 Å². The van der Waals surface area contributed by atoms with Crippen molar-refractivity contribution in [1.82, 2.24) is 15.2 Å². The van der Waals surface area contributed by atoms with Gasteiger partial charge in [-0.2, -0.15) is 0 Å². The second-order valence-corrected chi connectivity index (χ2v) is 6.82. The largest absolute Gasteiger partial charge is 0.444 e. The maximum absolute atomic E-state index is 12.6. The SMILES string of the molecule is O=C(c1coc(-c2ccccc2)n1)N1CCC(NCC2CC2)CC1. The summed E-state index contributed by atoms with van der Waals surface area (Å²) in [6.07, 6.45) is 6.26. The lowest BCUT2D eigenvalue weighted by Gasteiger charge is -2.32. The highest BCUT2D eigenvalue weighted by atomic mass is 16.3. The van der Waals surface area contributed by atoms with E-state index in [9.17, 15) is 4.79 Å². The van der Waals surface area contributed by atoms with E-state index >= 15 is 0 Å². The van der Waals surface area contributed by atoms with E-state index in [2.05, 4.69) is 10.3 Å². The minimum atomic E-state index is -0.0263. The molecule has 5 heteroatoms. The van der Waals surface area contributed by atoms with Crippen molar-refractivity contribution >= 4 is 5.91 Å². The molecule has 1 saturated heterocycles. The van der Waals surface area contributed by atoms with Crippen LogP contribution >= 0.6 is 0 Å². The summed E-state index contributed by atoms with van der Waals surface area (Å²) in [6, 6.07) is 10.2. The number of hydrogen-bond acceptors (Lipinski definition) is 4. The summed E-state index contributed by atoms with van der Waals surface area (Å²) >= 11 is 0. The van der Waals surface area contributed by atoms with Crippen molar-refractivity contribution in [2.75, 3.05) is 19.6 Å². The number of rotatable bonds is 5. The van der Waals surface area contributed by atoms with E-state index in [4.69, 9.17) is 4.42 Å². The van der Waals surface area contributed by atoms with Crippen molar-refractivity contribution in [3.63, 3.8) is 0 Å². The zero-order valence-corrected chi connectivity index (χ0v) is 13.8. The topological polar surface area (TPSA) is 58.4 Å². The monoisotopic (exact) mass is 325 g/mol. The Labute approximate surface area is 142 Å². The number of piperidine rings is 1. The number of carbonyl (C=O) groups excluding carboxylic acids is 1. The number of carbonyl (C=O) groups is 1. The van der Waals surface area contributed by atoms with Gasteiger partial charge in [-0.25, -0.2) is 4.98 Å². The molecule has 0 unspecified atom stereocenters. The molecule has 1 aliphatic heterocycles. The van der Waals surface area contributed by atoms with Crippen LogP contribution in [0.15, 0.2) is 41.0 Å². The maximum Gasteiger partial charge on any atom is 0.275 e. The maximum atomic E-state index is 12.6. The zero-order valence-electron chi connectivity index (χ0n) is 13.8. The Morgan fingerprint density at radius 1 is 1.17 bits per heavy atom. The molecular weight excluding hydrogens is 302 g/mol. The van der Waals surface area contributed by atoms with E-state index < -0.39 is 0 Å². The van der Waals surface area contributed by atoms with Crippen LogP contribution in [0.25, 0.3) is 11.5 Å². The van der Waals surface area contributed by atoms with Crippen LogP contribution in [0.4, 0.5) is 0 Å². The minimum Gasteiger partial charge on any atom is -0.444 e. The molecule has 5 nitrogen and oxygen atoms in total. The van der Waals surface area contributed by atoms with Crippen molar-refractivity contribution < 1.29 is 9.21 Å². The Hall–Kier alpha value is -2.14. The highest BCUT2D eigenvalue weighted by Gasteiger charge is 2.27. The van der Waals surface area contributed by atoms with Crippen molar-refractivity contribution in [2.24, 2.45) is 5.92 Å². The van der Waals surface area contributed by atoms with Gasteiger partial charge in [-0.1, -0.05) is 18.2 Å². The molecule has 1 aromatic heterocycles. The quantitative estimate of drug-likeness (QED) is 0.918. The van der Waals surface area contributed by atoms with Gasteiger partial charge in [0.15, 0.2) is 5.69 Å². The van der Waals surface area contributed by atoms with Crippen LogP contribution in [0.5, 0.6) is 0 Å². The van der Waals surface area contributed by atoms with Gasteiger partial charge in [-0.05, 0) is 50.3 Å². The van der Waals surface area contributed by atoms with Crippen LogP contribution in [-0.2, 0) is 0 Å². The second kappa shape index (κ2) is 6.77. The van der Waals surface area contributed by atoms with Crippen molar-refractivity contribution in [3.8, 4) is 11.5 Å². The molecule has 2 fully saturated rings. The number of amides is 1. The molecule has 126 valence electrons.